The molecule has 0 aliphatic rings. The lowest BCUT2D eigenvalue weighted by molar-refractivity contribution is 1.04. The number of nitrogens with zero attached hydrogens (tertiary/aromatic N) is 6. The SMILES string of the molecule is c1ccc(-n2c3ccccc3c3cc(-c4cnc5sc6nnc(-c7ccc8c(c7)c7ccccc7n8-c7ccccc7)nc6c5c4)ccc32)cc1. The van der Waals surface area contributed by atoms with Crippen molar-refractivity contribution in [2.45, 2.75) is 0 Å². The Morgan fingerprint density at radius 2 is 0.941 bits per heavy atom. The molecular formula is C44H26N6S. The highest BCUT2D eigenvalue weighted by molar-refractivity contribution is 7.25. The van der Waals surface area contributed by atoms with Gasteiger partial charge in [0.2, 0.25) is 0 Å². The highest BCUT2D eigenvalue weighted by Crippen LogP contribution is 2.38. The first-order valence-corrected chi connectivity index (χ1v) is 17.7. The van der Waals surface area contributed by atoms with E-state index in [-0.39, 0.29) is 0 Å². The van der Waals surface area contributed by atoms with E-state index in [1.807, 2.05) is 12.3 Å². The van der Waals surface area contributed by atoms with Crippen LogP contribution >= 0.6 is 11.3 Å². The summed E-state index contributed by atoms with van der Waals surface area (Å²) < 4.78 is 4.65. The normalized spacial score (nSPS) is 11.9. The van der Waals surface area contributed by atoms with Gasteiger partial charge in [-0.2, -0.15) is 0 Å². The second kappa shape index (κ2) is 10.9. The first-order valence-electron chi connectivity index (χ1n) is 16.9. The standard InChI is InChI=1S/C44H26N6S/c1-3-11-30(12-4-1)49-37-17-9-7-15-32(37)34-23-27(19-21-39(34)49)29-25-36-41-44(51-43(36)45-26-29)48-47-42(46-41)28-20-22-40-35(24-28)33-16-8-10-18-38(33)50(40)31-13-5-2-6-14-31/h1-26H. The quantitative estimate of drug-likeness (QED) is 0.187. The molecule has 51 heavy (non-hydrogen) atoms. The Hall–Kier alpha value is -6.70. The van der Waals surface area contributed by atoms with E-state index in [0.717, 1.165) is 65.0 Å². The molecular weight excluding hydrogens is 645 g/mol. The third-order valence-corrected chi connectivity index (χ3v) is 10.9. The van der Waals surface area contributed by atoms with Crippen molar-refractivity contribution in [3.63, 3.8) is 0 Å². The fourth-order valence-electron chi connectivity index (χ4n) is 7.61. The minimum Gasteiger partial charge on any atom is -0.309 e. The van der Waals surface area contributed by atoms with Gasteiger partial charge in [0.05, 0.1) is 22.1 Å². The summed E-state index contributed by atoms with van der Waals surface area (Å²) in [7, 11) is 0. The van der Waals surface area contributed by atoms with Gasteiger partial charge >= 0.3 is 0 Å². The van der Waals surface area contributed by atoms with Crippen LogP contribution in [-0.2, 0) is 0 Å². The van der Waals surface area contributed by atoms with Gasteiger partial charge in [0.1, 0.15) is 10.3 Å². The molecule has 5 heterocycles. The molecule has 0 aliphatic heterocycles. The average Bonchev–Trinajstić information content (AvgIpc) is 3.85. The number of fused-ring (bicyclic) bond motifs is 9. The zero-order valence-corrected chi connectivity index (χ0v) is 27.9. The highest BCUT2D eigenvalue weighted by Gasteiger charge is 2.18. The van der Waals surface area contributed by atoms with Crippen molar-refractivity contribution in [3.05, 3.63) is 158 Å². The predicted molar refractivity (Wildman–Crippen MR) is 210 cm³/mol. The summed E-state index contributed by atoms with van der Waals surface area (Å²) in [6, 6.07) is 53.5. The van der Waals surface area contributed by atoms with E-state index < -0.39 is 0 Å². The van der Waals surface area contributed by atoms with Crippen molar-refractivity contribution >= 4 is 75.5 Å². The Morgan fingerprint density at radius 1 is 0.412 bits per heavy atom. The molecule has 0 atom stereocenters. The topological polar surface area (TPSA) is 61.4 Å². The molecule has 238 valence electrons. The van der Waals surface area contributed by atoms with Crippen LogP contribution in [0.25, 0.3) is 98.1 Å². The summed E-state index contributed by atoms with van der Waals surface area (Å²) in [6.45, 7) is 0. The molecule has 7 heteroatoms. The summed E-state index contributed by atoms with van der Waals surface area (Å²) in [4.78, 5) is 11.7. The van der Waals surface area contributed by atoms with Gasteiger partial charge in [-0.05, 0) is 78.4 Å². The van der Waals surface area contributed by atoms with Crippen LogP contribution in [0.1, 0.15) is 0 Å². The zero-order chi connectivity index (χ0) is 33.5. The molecule has 0 unspecified atom stereocenters. The van der Waals surface area contributed by atoms with Gasteiger partial charge in [0, 0.05) is 55.6 Å². The van der Waals surface area contributed by atoms with Gasteiger partial charge in [0.25, 0.3) is 0 Å². The van der Waals surface area contributed by atoms with Crippen LogP contribution in [-0.4, -0.2) is 29.3 Å². The summed E-state index contributed by atoms with van der Waals surface area (Å²) >= 11 is 1.53. The Bertz CT molecular complexity index is 2930. The van der Waals surface area contributed by atoms with Gasteiger partial charge in [-0.3, -0.25) is 0 Å². The van der Waals surface area contributed by atoms with E-state index >= 15 is 0 Å². The Kier molecular flexibility index (Phi) is 6.02. The van der Waals surface area contributed by atoms with E-state index in [0.29, 0.717) is 5.82 Å². The molecule has 0 amide bonds. The molecule has 11 aromatic rings. The van der Waals surface area contributed by atoms with Crippen molar-refractivity contribution in [2.24, 2.45) is 0 Å². The Labute approximate surface area is 295 Å². The van der Waals surface area contributed by atoms with E-state index in [9.17, 15) is 0 Å². The molecule has 6 nitrogen and oxygen atoms in total. The minimum atomic E-state index is 0.598. The second-order valence-corrected chi connectivity index (χ2v) is 13.8. The number of rotatable bonds is 4. The van der Waals surface area contributed by atoms with Crippen LogP contribution in [0, 0.1) is 0 Å². The lowest BCUT2D eigenvalue weighted by Crippen LogP contribution is -1.94. The molecule has 11 rings (SSSR count). The van der Waals surface area contributed by atoms with E-state index in [1.54, 1.807) is 0 Å². The summed E-state index contributed by atoms with van der Waals surface area (Å²) in [6.07, 6.45) is 1.96. The summed E-state index contributed by atoms with van der Waals surface area (Å²) in [5, 5.41) is 15.0. The van der Waals surface area contributed by atoms with Gasteiger partial charge in [-0.25, -0.2) is 9.97 Å². The van der Waals surface area contributed by atoms with Crippen LogP contribution in [0.3, 0.4) is 0 Å². The molecule has 0 N–H and O–H groups in total. The van der Waals surface area contributed by atoms with Crippen molar-refractivity contribution in [1.29, 1.82) is 0 Å². The monoisotopic (exact) mass is 670 g/mol. The number of hydrogen-bond acceptors (Lipinski definition) is 5. The largest absolute Gasteiger partial charge is 0.309 e. The lowest BCUT2D eigenvalue weighted by atomic mass is 10.0. The van der Waals surface area contributed by atoms with Crippen LogP contribution in [0.4, 0.5) is 0 Å². The summed E-state index contributed by atoms with van der Waals surface area (Å²) in [5.41, 5.74) is 10.8. The number of benzene rings is 6. The van der Waals surface area contributed by atoms with E-state index in [2.05, 4.69) is 165 Å². The zero-order valence-electron chi connectivity index (χ0n) is 27.1. The molecule has 6 aromatic carbocycles. The first-order chi connectivity index (χ1) is 25.3. The molecule has 0 bridgehead atoms. The van der Waals surface area contributed by atoms with Gasteiger partial charge in [0.15, 0.2) is 10.7 Å². The molecule has 0 saturated carbocycles. The van der Waals surface area contributed by atoms with Gasteiger partial charge < -0.3 is 9.13 Å². The Morgan fingerprint density at radius 3 is 1.59 bits per heavy atom. The Balaban J connectivity index is 1.04. The predicted octanol–water partition coefficient (Wildman–Crippen LogP) is 11.2. The smallest absolute Gasteiger partial charge is 0.182 e. The van der Waals surface area contributed by atoms with Crippen LogP contribution in [0.2, 0.25) is 0 Å². The van der Waals surface area contributed by atoms with E-state index in [1.165, 1.54) is 38.5 Å². The maximum absolute atomic E-state index is 5.13. The third-order valence-electron chi connectivity index (χ3n) is 9.92. The fourth-order valence-corrected chi connectivity index (χ4v) is 8.50. The van der Waals surface area contributed by atoms with Gasteiger partial charge in [-0.15, -0.1) is 10.2 Å². The number of para-hydroxylation sites is 4. The first kappa shape index (κ1) is 28.2. The maximum atomic E-state index is 5.13. The molecule has 5 aromatic heterocycles. The fraction of sp³-hybridized carbons (Fsp3) is 0. The average molecular weight is 671 g/mol. The summed E-state index contributed by atoms with van der Waals surface area (Å²) in [5.74, 6) is 0.598. The minimum absolute atomic E-state index is 0.598. The molecule has 0 fully saturated rings. The molecule has 0 aliphatic carbocycles. The van der Waals surface area contributed by atoms with Gasteiger partial charge in [-0.1, -0.05) is 90.2 Å². The van der Waals surface area contributed by atoms with Crippen LogP contribution in [0.15, 0.2) is 158 Å². The molecule has 0 saturated heterocycles. The number of hydrogen-bond donors (Lipinski definition) is 0. The maximum Gasteiger partial charge on any atom is 0.182 e. The van der Waals surface area contributed by atoms with Crippen molar-refractivity contribution in [1.82, 2.24) is 29.3 Å². The highest BCUT2D eigenvalue weighted by atomic mass is 32.1. The third kappa shape index (κ3) is 4.28. The number of thiophene rings is 1. The van der Waals surface area contributed by atoms with Crippen molar-refractivity contribution < 1.29 is 0 Å². The molecule has 0 spiro atoms. The van der Waals surface area contributed by atoms with Crippen LogP contribution in [0.5, 0.6) is 0 Å². The second-order valence-electron chi connectivity index (χ2n) is 12.8. The van der Waals surface area contributed by atoms with Crippen LogP contribution < -0.4 is 0 Å². The lowest BCUT2D eigenvalue weighted by Gasteiger charge is -2.08. The number of aromatic nitrogens is 6. The number of pyridine rings is 1. The van der Waals surface area contributed by atoms with E-state index in [4.69, 9.17) is 9.97 Å². The van der Waals surface area contributed by atoms with Crippen molar-refractivity contribution in [3.8, 4) is 33.9 Å². The molecule has 0 radical (unpaired) electrons. The van der Waals surface area contributed by atoms with Crippen molar-refractivity contribution in [2.75, 3.05) is 0 Å².